The number of halogens is 1. The predicted molar refractivity (Wildman–Crippen MR) is 93.8 cm³/mol. The molecule has 0 fully saturated rings. The van der Waals surface area contributed by atoms with Crippen molar-refractivity contribution in [2.45, 2.75) is 32.9 Å². The summed E-state index contributed by atoms with van der Waals surface area (Å²) in [6, 6.07) is 1.40. The van der Waals surface area contributed by atoms with Gasteiger partial charge in [-0.3, -0.25) is 15.0 Å². The summed E-state index contributed by atoms with van der Waals surface area (Å²) in [5.74, 6) is -0.555. The summed E-state index contributed by atoms with van der Waals surface area (Å²) in [5, 5.41) is 0. The number of aromatic nitrogens is 1. The Morgan fingerprint density at radius 1 is 1.29 bits per heavy atom. The van der Waals surface area contributed by atoms with E-state index in [1.54, 1.807) is 20.8 Å². The van der Waals surface area contributed by atoms with Crippen LogP contribution in [0.4, 0.5) is 4.79 Å². The van der Waals surface area contributed by atoms with Gasteiger partial charge in [0, 0.05) is 19.3 Å². The van der Waals surface area contributed by atoms with Crippen molar-refractivity contribution >= 4 is 27.9 Å². The van der Waals surface area contributed by atoms with Crippen LogP contribution in [0.3, 0.4) is 0 Å². The van der Waals surface area contributed by atoms with Crippen LogP contribution in [0.5, 0.6) is 0 Å². The lowest BCUT2D eigenvalue weighted by molar-refractivity contribution is 0.0483. The molecule has 0 unspecified atom stereocenters. The molecule has 9 heteroatoms. The molecule has 0 saturated carbocycles. The van der Waals surface area contributed by atoms with E-state index in [0.29, 0.717) is 13.1 Å². The Morgan fingerprint density at radius 2 is 1.92 bits per heavy atom. The first kappa shape index (κ1) is 20.2. The number of amides is 2. The molecular formula is C15H23BrN4O4. The lowest BCUT2D eigenvalue weighted by Gasteiger charge is -2.19. The number of ether oxygens (including phenoxy) is 1. The van der Waals surface area contributed by atoms with E-state index >= 15 is 0 Å². The summed E-state index contributed by atoms with van der Waals surface area (Å²) < 4.78 is 6.73. The molecule has 134 valence electrons. The predicted octanol–water partition coefficient (Wildman–Crippen LogP) is 1.34. The molecular weight excluding hydrogens is 380 g/mol. The van der Waals surface area contributed by atoms with E-state index in [4.69, 9.17) is 4.74 Å². The number of nitrogens with one attached hydrogen (secondary N) is 2. The molecule has 8 nitrogen and oxygen atoms in total. The van der Waals surface area contributed by atoms with E-state index < -0.39 is 17.6 Å². The van der Waals surface area contributed by atoms with E-state index in [2.05, 4.69) is 26.8 Å². The molecule has 0 spiro atoms. The van der Waals surface area contributed by atoms with E-state index in [1.165, 1.54) is 16.8 Å². The van der Waals surface area contributed by atoms with Crippen LogP contribution in [-0.2, 0) is 11.3 Å². The second-order valence-electron chi connectivity index (χ2n) is 6.46. The van der Waals surface area contributed by atoms with Crippen LogP contribution in [0.1, 0.15) is 31.1 Å². The fourth-order valence-corrected chi connectivity index (χ4v) is 2.16. The Hall–Kier alpha value is -1.87. The van der Waals surface area contributed by atoms with Gasteiger partial charge in [0.25, 0.3) is 11.5 Å². The maximum atomic E-state index is 12.1. The van der Waals surface area contributed by atoms with Gasteiger partial charge in [-0.2, -0.15) is 0 Å². The molecule has 24 heavy (non-hydrogen) atoms. The lowest BCUT2D eigenvalue weighted by Crippen LogP contribution is -2.44. The number of hydrogen-bond acceptors (Lipinski definition) is 5. The first-order chi connectivity index (χ1) is 11.0. The minimum Gasteiger partial charge on any atom is -0.443 e. The SMILES string of the molecule is CN(C)CCn1cc(C(=O)NNC(=O)OC(C)(C)C)cc(Br)c1=O. The summed E-state index contributed by atoms with van der Waals surface area (Å²) in [7, 11) is 3.78. The summed E-state index contributed by atoms with van der Waals surface area (Å²) in [6.07, 6.45) is 0.679. The molecule has 0 aliphatic rings. The largest absolute Gasteiger partial charge is 0.443 e. The third-order valence-electron chi connectivity index (χ3n) is 2.77. The second-order valence-corrected chi connectivity index (χ2v) is 7.31. The number of pyridine rings is 1. The molecule has 0 radical (unpaired) electrons. The van der Waals surface area contributed by atoms with Crippen molar-refractivity contribution in [2.24, 2.45) is 0 Å². The minimum absolute atomic E-state index is 0.228. The Balaban J connectivity index is 2.80. The van der Waals surface area contributed by atoms with Crippen molar-refractivity contribution in [3.8, 4) is 0 Å². The van der Waals surface area contributed by atoms with Crippen LogP contribution in [0, 0.1) is 0 Å². The number of carbonyl (C=O) groups is 2. The molecule has 0 saturated heterocycles. The highest BCUT2D eigenvalue weighted by atomic mass is 79.9. The van der Waals surface area contributed by atoms with Gasteiger partial charge in [-0.05, 0) is 56.9 Å². The lowest BCUT2D eigenvalue weighted by atomic mass is 10.2. The third-order valence-corrected chi connectivity index (χ3v) is 3.34. The van der Waals surface area contributed by atoms with Crippen molar-refractivity contribution in [3.05, 3.63) is 32.7 Å². The summed E-state index contributed by atoms with van der Waals surface area (Å²) in [4.78, 5) is 37.7. The van der Waals surface area contributed by atoms with Gasteiger partial charge in [-0.1, -0.05) is 0 Å². The summed E-state index contributed by atoms with van der Waals surface area (Å²) in [6.45, 7) is 6.23. The molecule has 1 aromatic heterocycles. The molecule has 0 atom stereocenters. The Bertz CT molecular complexity index is 664. The average molecular weight is 403 g/mol. The van der Waals surface area contributed by atoms with E-state index in [-0.39, 0.29) is 15.6 Å². The van der Waals surface area contributed by atoms with Gasteiger partial charge in [-0.25, -0.2) is 10.2 Å². The fourth-order valence-electron chi connectivity index (χ4n) is 1.68. The van der Waals surface area contributed by atoms with Crippen LogP contribution < -0.4 is 16.4 Å². The van der Waals surface area contributed by atoms with Gasteiger partial charge >= 0.3 is 6.09 Å². The number of carbonyl (C=O) groups excluding carboxylic acids is 2. The highest BCUT2D eigenvalue weighted by Crippen LogP contribution is 2.08. The van der Waals surface area contributed by atoms with Crippen LogP contribution in [0.15, 0.2) is 21.5 Å². The Morgan fingerprint density at radius 3 is 2.46 bits per heavy atom. The molecule has 2 N–H and O–H groups in total. The second kappa shape index (κ2) is 8.29. The first-order valence-corrected chi connectivity index (χ1v) is 8.13. The molecule has 0 aromatic carbocycles. The van der Waals surface area contributed by atoms with Crippen molar-refractivity contribution in [3.63, 3.8) is 0 Å². The molecule has 0 aliphatic carbocycles. The minimum atomic E-state index is -0.768. The topological polar surface area (TPSA) is 92.7 Å². The van der Waals surface area contributed by atoms with E-state index in [1.807, 2.05) is 19.0 Å². The molecule has 1 rings (SSSR count). The zero-order valence-corrected chi connectivity index (χ0v) is 16.1. The van der Waals surface area contributed by atoms with Gasteiger partial charge in [0.05, 0.1) is 10.0 Å². The quantitative estimate of drug-likeness (QED) is 0.741. The maximum Gasteiger partial charge on any atom is 0.426 e. The molecule has 2 amide bonds. The molecule has 1 aromatic rings. The van der Waals surface area contributed by atoms with Gasteiger partial charge < -0.3 is 14.2 Å². The van der Waals surface area contributed by atoms with Crippen LogP contribution in [0.25, 0.3) is 0 Å². The molecule has 1 heterocycles. The first-order valence-electron chi connectivity index (χ1n) is 7.33. The van der Waals surface area contributed by atoms with Crippen molar-refractivity contribution < 1.29 is 14.3 Å². The van der Waals surface area contributed by atoms with Crippen LogP contribution >= 0.6 is 15.9 Å². The molecule has 0 aliphatic heterocycles. The number of hydrazine groups is 1. The third kappa shape index (κ3) is 6.71. The highest BCUT2D eigenvalue weighted by Gasteiger charge is 2.17. The van der Waals surface area contributed by atoms with E-state index in [0.717, 1.165) is 0 Å². The van der Waals surface area contributed by atoms with Gasteiger partial charge in [0.15, 0.2) is 0 Å². The van der Waals surface area contributed by atoms with Gasteiger partial charge in [0.2, 0.25) is 0 Å². The average Bonchev–Trinajstić information content (AvgIpc) is 2.44. The number of likely N-dealkylation sites (N-methyl/N-ethyl adjacent to an activating group) is 1. The standard InChI is InChI=1S/C15H23BrN4O4/c1-15(2,3)24-14(23)18-17-12(21)10-8-11(16)13(22)20(9-10)7-6-19(4)5/h8-9H,6-7H2,1-5H3,(H,17,21)(H,18,23). The monoisotopic (exact) mass is 402 g/mol. The van der Waals surface area contributed by atoms with Crippen LogP contribution in [0.2, 0.25) is 0 Å². The summed E-state index contributed by atoms with van der Waals surface area (Å²) >= 11 is 3.15. The number of hydrogen-bond donors (Lipinski definition) is 2. The highest BCUT2D eigenvalue weighted by molar-refractivity contribution is 9.10. The maximum absolute atomic E-state index is 12.1. The van der Waals surface area contributed by atoms with Crippen molar-refractivity contribution in [2.75, 3.05) is 20.6 Å². The van der Waals surface area contributed by atoms with Crippen LogP contribution in [-0.4, -0.2) is 47.7 Å². The zero-order chi connectivity index (χ0) is 18.5. The Labute approximate surface area is 149 Å². The fraction of sp³-hybridized carbons (Fsp3) is 0.533. The Kier molecular flexibility index (Phi) is 6.97. The van der Waals surface area contributed by atoms with Gasteiger partial charge in [-0.15, -0.1) is 0 Å². The van der Waals surface area contributed by atoms with E-state index in [9.17, 15) is 14.4 Å². The van der Waals surface area contributed by atoms with Crippen molar-refractivity contribution in [1.82, 2.24) is 20.3 Å². The smallest absolute Gasteiger partial charge is 0.426 e. The normalized spacial score (nSPS) is 11.3. The number of rotatable bonds is 4. The molecule has 0 bridgehead atoms. The number of nitrogens with zero attached hydrogens (tertiary/aromatic N) is 2. The van der Waals surface area contributed by atoms with Gasteiger partial charge in [0.1, 0.15) is 5.60 Å². The van der Waals surface area contributed by atoms with Crippen molar-refractivity contribution in [1.29, 1.82) is 0 Å². The summed E-state index contributed by atoms with van der Waals surface area (Å²) in [5.41, 5.74) is 3.75. The zero-order valence-electron chi connectivity index (χ0n) is 14.5.